The van der Waals surface area contributed by atoms with E-state index in [1.807, 2.05) is 19.0 Å². The molecule has 0 aliphatic carbocycles. The van der Waals surface area contributed by atoms with Crippen molar-refractivity contribution < 1.29 is 14.3 Å². The van der Waals surface area contributed by atoms with Gasteiger partial charge in [0.1, 0.15) is 17.2 Å². The van der Waals surface area contributed by atoms with Crippen molar-refractivity contribution in [2.45, 2.75) is 32.4 Å². The van der Waals surface area contributed by atoms with E-state index in [1.54, 1.807) is 39.1 Å². The summed E-state index contributed by atoms with van der Waals surface area (Å²) in [7, 11) is 3.72. The molecule has 0 aliphatic heterocycles. The zero-order valence-electron chi connectivity index (χ0n) is 18.6. The smallest absolute Gasteiger partial charge is 0.284 e. The number of anilines is 1. The molecule has 32 heavy (non-hydrogen) atoms. The largest absolute Gasteiger partial charge is 0.388 e. The molecule has 2 aromatic heterocycles. The van der Waals surface area contributed by atoms with Gasteiger partial charge in [0.15, 0.2) is 0 Å². The van der Waals surface area contributed by atoms with Crippen LogP contribution in [0.4, 0.5) is 10.2 Å². The highest BCUT2D eigenvalue weighted by Crippen LogP contribution is 2.20. The number of carbonyl (C=O) groups is 1. The van der Waals surface area contributed by atoms with Crippen LogP contribution < -0.4 is 15.8 Å². The van der Waals surface area contributed by atoms with Gasteiger partial charge in [-0.2, -0.15) is 9.78 Å². The molecule has 0 saturated carbocycles. The molecule has 0 radical (unpaired) electrons. The van der Waals surface area contributed by atoms with Crippen LogP contribution in [-0.2, 0) is 0 Å². The fourth-order valence-electron chi connectivity index (χ4n) is 2.83. The Balaban J connectivity index is 2.15. The lowest BCUT2D eigenvalue weighted by molar-refractivity contribution is 0.0408. The van der Waals surface area contributed by atoms with Crippen LogP contribution in [0.25, 0.3) is 16.9 Å². The van der Waals surface area contributed by atoms with E-state index < -0.39 is 28.9 Å². The number of aromatic nitrogens is 3. The first kappa shape index (κ1) is 23.1. The summed E-state index contributed by atoms with van der Waals surface area (Å²) < 4.78 is 14.8. The second-order valence-corrected chi connectivity index (χ2v) is 8.29. The first-order chi connectivity index (χ1) is 15.0. The fraction of sp³-hybridized carbons (Fsp3) is 0.304. The number of pyridine rings is 1. The van der Waals surface area contributed by atoms with E-state index in [1.165, 1.54) is 24.3 Å². The van der Waals surface area contributed by atoms with E-state index in [0.717, 1.165) is 16.6 Å². The summed E-state index contributed by atoms with van der Waals surface area (Å²) in [6, 6.07) is 9.68. The van der Waals surface area contributed by atoms with Gasteiger partial charge in [-0.05, 0) is 57.2 Å². The van der Waals surface area contributed by atoms with Gasteiger partial charge in [-0.25, -0.2) is 9.37 Å². The van der Waals surface area contributed by atoms with E-state index >= 15 is 0 Å². The number of halogens is 1. The van der Waals surface area contributed by atoms with Crippen LogP contribution in [-0.4, -0.2) is 51.5 Å². The molecule has 0 fully saturated rings. The van der Waals surface area contributed by atoms with Gasteiger partial charge in [0.05, 0.1) is 23.0 Å². The Kier molecular flexibility index (Phi) is 6.40. The Hall–Kier alpha value is -3.59. The highest BCUT2D eigenvalue weighted by Gasteiger charge is 2.26. The topological polar surface area (TPSA) is 100 Å². The van der Waals surface area contributed by atoms with E-state index in [9.17, 15) is 19.1 Å². The van der Waals surface area contributed by atoms with E-state index in [2.05, 4.69) is 15.4 Å². The molecule has 2 heterocycles. The number of hydrogen-bond acceptors (Lipinski definition) is 6. The maximum absolute atomic E-state index is 13.8. The summed E-state index contributed by atoms with van der Waals surface area (Å²) in [5, 5.41) is 17.2. The van der Waals surface area contributed by atoms with Gasteiger partial charge in [0, 0.05) is 25.9 Å². The average molecular weight is 439 g/mol. The third-order valence-electron chi connectivity index (χ3n) is 5.12. The quantitative estimate of drug-likeness (QED) is 0.612. The second-order valence-electron chi connectivity index (χ2n) is 8.29. The molecular weight excluding hydrogens is 413 g/mol. The fourth-order valence-corrected chi connectivity index (χ4v) is 2.83. The maximum Gasteiger partial charge on any atom is 0.284 e. The molecule has 0 spiro atoms. The lowest BCUT2D eigenvalue weighted by atomic mass is 10.0. The Bertz CT molecular complexity index is 1180. The molecule has 0 aliphatic rings. The van der Waals surface area contributed by atoms with Crippen molar-refractivity contribution in [2.75, 3.05) is 19.0 Å². The van der Waals surface area contributed by atoms with Crippen molar-refractivity contribution in [3.05, 3.63) is 70.4 Å². The number of carbonyl (C=O) groups excluding carboxylic acids is 1. The third-order valence-corrected chi connectivity index (χ3v) is 5.12. The van der Waals surface area contributed by atoms with Crippen LogP contribution in [0.5, 0.6) is 0 Å². The van der Waals surface area contributed by atoms with E-state index in [4.69, 9.17) is 0 Å². The predicted molar refractivity (Wildman–Crippen MR) is 121 cm³/mol. The highest BCUT2D eigenvalue weighted by atomic mass is 19.1. The summed E-state index contributed by atoms with van der Waals surface area (Å²) in [5.74, 6) is -0.485. The van der Waals surface area contributed by atoms with Crippen LogP contribution in [0.15, 0.2) is 53.5 Å². The van der Waals surface area contributed by atoms with Crippen molar-refractivity contribution in [1.82, 2.24) is 20.1 Å². The maximum atomic E-state index is 13.8. The van der Waals surface area contributed by atoms with Gasteiger partial charge < -0.3 is 15.3 Å². The summed E-state index contributed by atoms with van der Waals surface area (Å²) in [4.78, 5) is 32.2. The van der Waals surface area contributed by atoms with Crippen LogP contribution in [0.1, 0.15) is 31.1 Å². The molecule has 3 rings (SSSR count). The molecule has 1 aromatic carbocycles. The van der Waals surface area contributed by atoms with Gasteiger partial charge in [0.25, 0.3) is 11.5 Å². The summed E-state index contributed by atoms with van der Waals surface area (Å²) in [6.45, 7) is 4.74. The Labute approximate surface area is 185 Å². The second kappa shape index (κ2) is 8.88. The van der Waals surface area contributed by atoms with Crippen molar-refractivity contribution >= 4 is 11.7 Å². The number of hydrogen-bond donors (Lipinski definition) is 2. The Morgan fingerprint density at radius 2 is 1.94 bits per heavy atom. The predicted octanol–water partition coefficient (Wildman–Crippen LogP) is 2.39. The number of amides is 1. The lowest BCUT2D eigenvalue weighted by Crippen LogP contribution is -2.48. The summed E-state index contributed by atoms with van der Waals surface area (Å²) in [6.07, 6.45) is 1.58. The van der Waals surface area contributed by atoms with Gasteiger partial charge in [-0.15, -0.1) is 0 Å². The third kappa shape index (κ3) is 5.00. The SMILES string of the molecule is C[C@@H](NC(=O)c1cc(-c2ccc(N(C)C)nc2)nn(-c2cccc(F)c2)c1=O)C(C)(C)O. The van der Waals surface area contributed by atoms with Gasteiger partial charge in [-0.1, -0.05) is 6.07 Å². The van der Waals surface area contributed by atoms with Crippen molar-refractivity contribution in [2.24, 2.45) is 0 Å². The monoisotopic (exact) mass is 439 g/mol. The molecule has 9 heteroatoms. The highest BCUT2D eigenvalue weighted by molar-refractivity contribution is 5.95. The average Bonchev–Trinajstić information content (AvgIpc) is 2.73. The van der Waals surface area contributed by atoms with Crippen LogP contribution in [0.2, 0.25) is 0 Å². The number of rotatable bonds is 6. The van der Waals surface area contributed by atoms with Crippen molar-refractivity contribution in [1.29, 1.82) is 0 Å². The Morgan fingerprint density at radius 3 is 2.50 bits per heavy atom. The van der Waals surface area contributed by atoms with Crippen LogP contribution in [0.3, 0.4) is 0 Å². The van der Waals surface area contributed by atoms with E-state index in [-0.39, 0.29) is 11.3 Å². The minimum Gasteiger partial charge on any atom is -0.388 e. The first-order valence-electron chi connectivity index (χ1n) is 10.0. The number of benzene rings is 1. The van der Waals surface area contributed by atoms with E-state index in [0.29, 0.717) is 11.3 Å². The minimum absolute atomic E-state index is 0.180. The molecule has 8 nitrogen and oxygen atoms in total. The number of nitrogens with one attached hydrogen (secondary N) is 1. The number of nitrogens with zero attached hydrogens (tertiary/aromatic N) is 4. The summed E-state index contributed by atoms with van der Waals surface area (Å²) >= 11 is 0. The van der Waals surface area contributed by atoms with Crippen LogP contribution >= 0.6 is 0 Å². The molecule has 1 atom stereocenters. The number of aliphatic hydroxyl groups is 1. The van der Waals surface area contributed by atoms with Gasteiger partial charge >= 0.3 is 0 Å². The molecular formula is C23H26FN5O3. The molecule has 0 bridgehead atoms. The first-order valence-corrected chi connectivity index (χ1v) is 10.0. The molecule has 0 saturated heterocycles. The van der Waals surface area contributed by atoms with Gasteiger partial charge in [-0.3, -0.25) is 9.59 Å². The molecule has 168 valence electrons. The zero-order chi connectivity index (χ0) is 23.6. The normalized spacial score (nSPS) is 12.3. The van der Waals surface area contributed by atoms with Crippen molar-refractivity contribution in [3.8, 4) is 16.9 Å². The minimum atomic E-state index is -1.20. The van der Waals surface area contributed by atoms with Crippen molar-refractivity contribution in [3.63, 3.8) is 0 Å². The lowest BCUT2D eigenvalue weighted by Gasteiger charge is -2.26. The standard InChI is InChI=1S/C23H26FN5O3/c1-14(23(2,3)32)26-21(30)18-12-19(15-9-10-20(25-13-15)28(4)5)27-29(22(18)31)17-8-6-7-16(24)11-17/h6-14,32H,1-5H3,(H,26,30)/t14-/m1/s1. The molecule has 1 amide bonds. The summed E-state index contributed by atoms with van der Waals surface area (Å²) in [5.41, 5.74) is -1.03. The Morgan fingerprint density at radius 1 is 1.22 bits per heavy atom. The molecule has 3 aromatic rings. The molecule has 0 unspecified atom stereocenters. The van der Waals surface area contributed by atoms with Gasteiger partial charge in [0.2, 0.25) is 0 Å². The zero-order valence-corrected chi connectivity index (χ0v) is 18.6. The molecule has 2 N–H and O–H groups in total. The van der Waals surface area contributed by atoms with Crippen LogP contribution in [0, 0.1) is 5.82 Å².